The lowest BCUT2D eigenvalue weighted by molar-refractivity contribution is 0.482. The van der Waals surface area contributed by atoms with E-state index in [4.69, 9.17) is 15.2 Å². The Balaban J connectivity index is 3.47. The number of hydrogen-bond donors (Lipinski definition) is 1. The summed E-state index contributed by atoms with van der Waals surface area (Å²) in [7, 11) is -3.17. The maximum atomic E-state index is 10.9. The molecule has 0 aliphatic rings. The van der Waals surface area contributed by atoms with E-state index < -0.39 is 19.2 Å². The Morgan fingerprint density at radius 2 is 1.73 bits per heavy atom. The van der Waals surface area contributed by atoms with Gasteiger partial charge in [0.1, 0.15) is 0 Å². The number of aryl methyl sites for hydroxylation is 1. The quantitative estimate of drug-likeness (QED) is 0.644. The van der Waals surface area contributed by atoms with Crippen molar-refractivity contribution >= 4 is 29.9 Å². The second kappa shape index (κ2) is 3.75. The van der Waals surface area contributed by atoms with Crippen LogP contribution in [0.2, 0.25) is 0 Å². The zero-order valence-corrected chi connectivity index (χ0v) is 9.90. The molecule has 0 aliphatic heterocycles. The maximum Gasteiger partial charge on any atom is 0.294 e. The average Bonchev–Trinajstić information content (AvgIpc) is 1.99. The number of halogens is 1. The summed E-state index contributed by atoms with van der Waals surface area (Å²) in [6.07, 6.45) is 0. The molecule has 0 saturated carbocycles. The van der Waals surface area contributed by atoms with Crippen molar-refractivity contribution in [3.8, 4) is 0 Å². The molecule has 1 aromatic carbocycles. The second-order valence-electron chi connectivity index (χ2n) is 2.84. The molecule has 0 radical (unpaired) electrons. The molecule has 5 nitrogen and oxygen atoms in total. The first-order chi connectivity index (χ1) is 6.62. The first-order valence-electron chi connectivity index (χ1n) is 3.65. The van der Waals surface area contributed by atoms with Crippen LogP contribution in [-0.4, -0.2) is 21.4 Å². The van der Waals surface area contributed by atoms with Gasteiger partial charge in [-0.25, -0.2) is 8.42 Å². The SMILES string of the molecule is Cc1cc(S(=O)(=O)Cl)ccc1S(=O)(=O)O. The molecule has 0 spiro atoms. The van der Waals surface area contributed by atoms with E-state index in [-0.39, 0.29) is 15.4 Å². The molecule has 0 fully saturated rings. The minimum Gasteiger partial charge on any atom is -0.282 e. The van der Waals surface area contributed by atoms with Crippen molar-refractivity contribution in [3.05, 3.63) is 23.8 Å². The topological polar surface area (TPSA) is 88.5 Å². The van der Waals surface area contributed by atoms with E-state index in [0.29, 0.717) is 0 Å². The van der Waals surface area contributed by atoms with E-state index >= 15 is 0 Å². The van der Waals surface area contributed by atoms with Gasteiger partial charge in [-0.15, -0.1) is 0 Å². The predicted molar refractivity (Wildman–Crippen MR) is 54.0 cm³/mol. The summed E-state index contributed by atoms with van der Waals surface area (Å²) in [5.74, 6) is 0. The molecule has 0 heterocycles. The molecule has 84 valence electrons. The molecule has 0 bridgehead atoms. The highest BCUT2D eigenvalue weighted by Crippen LogP contribution is 2.21. The highest BCUT2D eigenvalue weighted by molar-refractivity contribution is 8.13. The molecule has 0 aliphatic carbocycles. The van der Waals surface area contributed by atoms with Crippen molar-refractivity contribution in [3.63, 3.8) is 0 Å². The van der Waals surface area contributed by atoms with Crippen LogP contribution in [0.4, 0.5) is 0 Å². The Morgan fingerprint density at radius 3 is 2.07 bits per heavy atom. The Kier molecular flexibility index (Phi) is 3.11. The van der Waals surface area contributed by atoms with Gasteiger partial charge in [0, 0.05) is 10.7 Å². The third-order valence-electron chi connectivity index (χ3n) is 1.71. The third kappa shape index (κ3) is 2.91. The van der Waals surface area contributed by atoms with E-state index in [9.17, 15) is 16.8 Å². The van der Waals surface area contributed by atoms with Crippen LogP contribution in [0.5, 0.6) is 0 Å². The molecular weight excluding hydrogens is 264 g/mol. The van der Waals surface area contributed by atoms with Gasteiger partial charge < -0.3 is 0 Å². The van der Waals surface area contributed by atoms with E-state index in [0.717, 1.165) is 18.2 Å². The van der Waals surface area contributed by atoms with Gasteiger partial charge in [-0.1, -0.05) is 0 Å². The first-order valence-corrected chi connectivity index (χ1v) is 7.40. The fourth-order valence-electron chi connectivity index (χ4n) is 1.06. The first kappa shape index (κ1) is 12.4. The standard InChI is InChI=1S/C7H7ClO5S2/c1-5-4-6(14(8,9)10)2-3-7(5)15(11,12)13/h2-4H,1H3,(H,11,12,13). The molecule has 0 atom stereocenters. The molecule has 8 heteroatoms. The molecule has 0 saturated heterocycles. The molecule has 0 amide bonds. The van der Waals surface area contributed by atoms with Gasteiger partial charge in [-0.3, -0.25) is 4.55 Å². The summed E-state index contributed by atoms with van der Waals surface area (Å²) in [6.45, 7) is 1.36. The monoisotopic (exact) mass is 270 g/mol. The van der Waals surface area contributed by atoms with Crippen molar-refractivity contribution in [1.82, 2.24) is 0 Å². The number of benzene rings is 1. The van der Waals surface area contributed by atoms with Crippen LogP contribution in [0, 0.1) is 6.92 Å². The van der Waals surface area contributed by atoms with Crippen LogP contribution in [0.25, 0.3) is 0 Å². The molecule has 15 heavy (non-hydrogen) atoms. The smallest absolute Gasteiger partial charge is 0.282 e. The Labute approximate surface area is 91.9 Å². The lowest BCUT2D eigenvalue weighted by atomic mass is 10.2. The zero-order chi connectivity index (χ0) is 11.9. The van der Waals surface area contributed by atoms with Crippen LogP contribution >= 0.6 is 10.7 Å². The fourth-order valence-corrected chi connectivity index (χ4v) is 2.60. The average molecular weight is 271 g/mol. The van der Waals surface area contributed by atoms with Crippen LogP contribution < -0.4 is 0 Å². The van der Waals surface area contributed by atoms with Crippen LogP contribution in [0.3, 0.4) is 0 Å². The molecule has 0 aromatic heterocycles. The van der Waals surface area contributed by atoms with Gasteiger partial charge >= 0.3 is 0 Å². The van der Waals surface area contributed by atoms with E-state index in [1.54, 1.807) is 0 Å². The van der Waals surface area contributed by atoms with E-state index in [2.05, 4.69) is 0 Å². The highest BCUT2D eigenvalue weighted by Gasteiger charge is 2.16. The van der Waals surface area contributed by atoms with Gasteiger partial charge in [0.05, 0.1) is 9.79 Å². The normalized spacial score (nSPS) is 12.7. The van der Waals surface area contributed by atoms with Gasteiger partial charge in [-0.2, -0.15) is 8.42 Å². The van der Waals surface area contributed by atoms with Crippen molar-refractivity contribution in [1.29, 1.82) is 0 Å². The van der Waals surface area contributed by atoms with Crippen LogP contribution in [0.15, 0.2) is 28.0 Å². The third-order valence-corrected chi connectivity index (χ3v) is 4.07. The number of hydrogen-bond acceptors (Lipinski definition) is 4. The molecular formula is C7H7ClO5S2. The van der Waals surface area contributed by atoms with Gasteiger partial charge in [-0.05, 0) is 30.7 Å². The number of rotatable bonds is 2. The summed E-state index contributed by atoms with van der Waals surface area (Å²) in [5, 5.41) is 0. The molecule has 1 N–H and O–H groups in total. The molecule has 1 rings (SSSR count). The minimum absolute atomic E-state index is 0.110. The minimum atomic E-state index is -4.33. The van der Waals surface area contributed by atoms with Crippen molar-refractivity contribution in [2.75, 3.05) is 0 Å². The molecule has 1 aromatic rings. The Morgan fingerprint density at radius 1 is 1.20 bits per heavy atom. The van der Waals surface area contributed by atoms with Crippen molar-refractivity contribution < 1.29 is 21.4 Å². The van der Waals surface area contributed by atoms with Crippen LogP contribution in [-0.2, 0) is 19.2 Å². The lowest BCUT2D eigenvalue weighted by Crippen LogP contribution is -2.02. The fraction of sp³-hybridized carbons (Fsp3) is 0.143. The summed E-state index contributed by atoms with van der Waals surface area (Å²) >= 11 is 0. The summed E-state index contributed by atoms with van der Waals surface area (Å²) < 4.78 is 52.1. The van der Waals surface area contributed by atoms with Crippen molar-refractivity contribution in [2.45, 2.75) is 16.7 Å². The summed E-state index contributed by atoms with van der Waals surface area (Å²) in [5.41, 5.74) is 0.110. The highest BCUT2D eigenvalue weighted by atomic mass is 35.7. The van der Waals surface area contributed by atoms with E-state index in [1.165, 1.54) is 6.92 Å². The van der Waals surface area contributed by atoms with Crippen molar-refractivity contribution in [2.24, 2.45) is 0 Å². The van der Waals surface area contributed by atoms with Gasteiger partial charge in [0.25, 0.3) is 19.2 Å². The Bertz CT molecular complexity index is 588. The summed E-state index contributed by atoms with van der Waals surface area (Å²) in [4.78, 5) is -0.555. The van der Waals surface area contributed by atoms with E-state index in [1.807, 2.05) is 0 Å². The predicted octanol–water partition coefficient (Wildman–Crippen LogP) is 1.17. The van der Waals surface area contributed by atoms with Crippen LogP contribution in [0.1, 0.15) is 5.56 Å². The largest absolute Gasteiger partial charge is 0.294 e. The zero-order valence-electron chi connectivity index (χ0n) is 7.51. The van der Waals surface area contributed by atoms with Gasteiger partial charge in [0.15, 0.2) is 0 Å². The maximum absolute atomic E-state index is 10.9. The molecule has 0 unspecified atom stereocenters. The summed E-state index contributed by atoms with van der Waals surface area (Å²) in [6, 6.07) is 3.07. The second-order valence-corrected chi connectivity index (χ2v) is 6.80. The van der Waals surface area contributed by atoms with Gasteiger partial charge in [0.2, 0.25) is 0 Å². The Hall–Kier alpha value is -0.630. The lowest BCUT2D eigenvalue weighted by Gasteiger charge is -2.03.